The van der Waals surface area contributed by atoms with Gasteiger partial charge in [-0.05, 0) is 36.4 Å². The third-order valence-electron chi connectivity index (χ3n) is 4.07. The van der Waals surface area contributed by atoms with Gasteiger partial charge in [-0.2, -0.15) is 29.0 Å². The second-order valence-electron chi connectivity index (χ2n) is 6.31. The molecule has 3 aromatic rings. The maximum absolute atomic E-state index is 12.1. The number of ether oxygens (including phenoxy) is 2. The van der Waals surface area contributed by atoms with Crippen molar-refractivity contribution in [1.29, 1.82) is 15.8 Å². The molecule has 3 aromatic carbocycles. The van der Waals surface area contributed by atoms with Gasteiger partial charge in [0, 0.05) is 12.1 Å². The number of rotatable bonds is 2. The van der Waals surface area contributed by atoms with Gasteiger partial charge in [-0.15, -0.1) is 0 Å². The van der Waals surface area contributed by atoms with Crippen LogP contribution in [-0.4, -0.2) is 29.5 Å². The van der Waals surface area contributed by atoms with E-state index in [4.69, 9.17) is 35.5 Å². The third-order valence-corrected chi connectivity index (χ3v) is 4.07. The van der Waals surface area contributed by atoms with Gasteiger partial charge in [-0.1, -0.05) is 6.07 Å². The summed E-state index contributed by atoms with van der Waals surface area (Å²) in [5.74, 6) is -0.456. The minimum Gasteiger partial charge on any atom is -0.508 e. The number of aromatic hydroxyl groups is 3. The van der Waals surface area contributed by atoms with Crippen molar-refractivity contribution in [2.24, 2.45) is 0 Å². The molecule has 3 N–H and O–H groups in total. The highest BCUT2D eigenvalue weighted by atomic mass is 19.4. The Bertz CT molecular complexity index is 1250. The zero-order valence-electron chi connectivity index (χ0n) is 18.3. The van der Waals surface area contributed by atoms with E-state index in [0.29, 0.717) is 11.1 Å². The molecule has 11 heteroatoms. The minimum absolute atomic E-state index is 0.0935. The van der Waals surface area contributed by atoms with Gasteiger partial charge in [-0.25, -0.2) is 0 Å². The smallest absolute Gasteiger partial charge is 0.420 e. The summed E-state index contributed by atoms with van der Waals surface area (Å²) in [7, 11) is 2.82. The first-order chi connectivity index (χ1) is 16.5. The third kappa shape index (κ3) is 8.08. The largest absolute Gasteiger partial charge is 0.508 e. The molecule has 0 heterocycles. The molecule has 0 aromatic heterocycles. The Hall–Kier alpha value is -5.08. The topological polar surface area (TPSA) is 151 Å². The molecule has 0 fully saturated rings. The number of para-hydroxylation sites is 1. The molecule has 180 valence electrons. The van der Waals surface area contributed by atoms with Crippen molar-refractivity contribution in [3.8, 4) is 47.0 Å². The first-order valence-electron chi connectivity index (χ1n) is 9.35. The van der Waals surface area contributed by atoms with Gasteiger partial charge in [-0.3, -0.25) is 0 Å². The van der Waals surface area contributed by atoms with Gasteiger partial charge < -0.3 is 24.8 Å². The summed E-state index contributed by atoms with van der Waals surface area (Å²) in [6, 6.07) is 17.2. The molecule has 0 atom stereocenters. The van der Waals surface area contributed by atoms with E-state index < -0.39 is 17.5 Å². The van der Waals surface area contributed by atoms with E-state index in [1.165, 1.54) is 44.6 Å². The molecule has 0 aliphatic heterocycles. The van der Waals surface area contributed by atoms with Crippen LogP contribution in [0, 0.1) is 34.0 Å². The Labute approximate surface area is 198 Å². The van der Waals surface area contributed by atoms with Crippen molar-refractivity contribution in [1.82, 2.24) is 0 Å². The predicted molar refractivity (Wildman–Crippen MR) is 117 cm³/mol. The quantitative estimate of drug-likeness (QED) is 0.467. The number of hydrogen-bond acceptors (Lipinski definition) is 8. The van der Waals surface area contributed by atoms with E-state index in [1.54, 1.807) is 12.1 Å². The van der Waals surface area contributed by atoms with Crippen molar-refractivity contribution in [2.45, 2.75) is 6.18 Å². The average Bonchev–Trinajstić information content (AvgIpc) is 2.85. The number of hydrogen-bond donors (Lipinski definition) is 3. The van der Waals surface area contributed by atoms with Gasteiger partial charge in [0.15, 0.2) is 11.5 Å². The number of alkyl halides is 3. The first-order valence-corrected chi connectivity index (χ1v) is 9.35. The molecule has 0 aliphatic carbocycles. The van der Waals surface area contributed by atoms with Crippen LogP contribution in [0.5, 0.6) is 28.7 Å². The number of halogens is 3. The fraction of sp³-hybridized carbons (Fsp3) is 0.125. The molecular weight excluding hydrogens is 467 g/mol. The second-order valence-corrected chi connectivity index (χ2v) is 6.31. The molecular formula is C24H18F3N3O5. The maximum Gasteiger partial charge on any atom is 0.420 e. The predicted octanol–water partition coefficient (Wildman–Crippen LogP) is 4.83. The van der Waals surface area contributed by atoms with Crippen LogP contribution in [0.1, 0.15) is 22.3 Å². The van der Waals surface area contributed by atoms with Crippen LogP contribution >= 0.6 is 0 Å². The van der Waals surface area contributed by atoms with Crippen LogP contribution in [0.4, 0.5) is 13.2 Å². The summed E-state index contributed by atoms with van der Waals surface area (Å²) in [6.45, 7) is 0. The van der Waals surface area contributed by atoms with Crippen molar-refractivity contribution in [2.75, 3.05) is 14.2 Å². The van der Waals surface area contributed by atoms with Crippen molar-refractivity contribution in [3.05, 3.63) is 76.9 Å². The number of methoxy groups -OCH3 is 2. The number of nitrogens with zero attached hydrogens (tertiary/aromatic N) is 3. The van der Waals surface area contributed by atoms with Crippen LogP contribution in [0.2, 0.25) is 0 Å². The lowest BCUT2D eigenvalue weighted by molar-refractivity contribution is -0.138. The van der Waals surface area contributed by atoms with Gasteiger partial charge in [0.05, 0.1) is 48.6 Å². The molecule has 0 unspecified atom stereocenters. The zero-order chi connectivity index (χ0) is 26.6. The number of phenols is 3. The van der Waals surface area contributed by atoms with E-state index in [-0.39, 0.29) is 28.6 Å². The SMILES string of the molecule is COc1cc(C#N)cc(OC)c1O.N#Cc1ccc(O)cc1.N#Cc1cccc(C(F)(F)F)c1O. The second kappa shape index (κ2) is 12.8. The molecule has 35 heavy (non-hydrogen) atoms. The van der Waals surface area contributed by atoms with Crippen LogP contribution in [0.15, 0.2) is 54.6 Å². The molecule has 0 bridgehead atoms. The zero-order valence-corrected chi connectivity index (χ0v) is 18.3. The summed E-state index contributed by atoms with van der Waals surface area (Å²) in [5.41, 5.74) is -0.624. The summed E-state index contributed by atoms with van der Waals surface area (Å²) >= 11 is 0. The molecule has 0 saturated heterocycles. The minimum atomic E-state index is -4.63. The molecule has 0 aliphatic rings. The summed E-state index contributed by atoms with van der Waals surface area (Å²) in [6.07, 6.45) is -4.63. The van der Waals surface area contributed by atoms with Gasteiger partial charge in [0.25, 0.3) is 0 Å². The molecule has 3 rings (SSSR count). The van der Waals surface area contributed by atoms with E-state index in [0.717, 1.165) is 18.2 Å². The molecule has 0 amide bonds. The Morgan fingerprint density at radius 2 is 1.23 bits per heavy atom. The molecule has 0 radical (unpaired) electrons. The van der Waals surface area contributed by atoms with E-state index in [2.05, 4.69) is 0 Å². The Kier molecular flexibility index (Phi) is 10.2. The highest BCUT2D eigenvalue weighted by Gasteiger charge is 2.34. The van der Waals surface area contributed by atoms with Gasteiger partial charge in [0.1, 0.15) is 17.6 Å². The summed E-state index contributed by atoms with van der Waals surface area (Å²) in [5, 5.41) is 52.4. The summed E-state index contributed by atoms with van der Waals surface area (Å²) in [4.78, 5) is 0. The fourth-order valence-electron chi connectivity index (χ4n) is 2.36. The lowest BCUT2D eigenvalue weighted by Gasteiger charge is -2.08. The average molecular weight is 485 g/mol. The monoisotopic (exact) mass is 485 g/mol. The van der Waals surface area contributed by atoms with Crippen molar-refractivity contribution < 1.29 is 38.0 Å². The summed E-state index contributed by atoms with van der Waals surface area (Å²) < 4.78 is 46.0. The van der Waals surface area contributed by atoms with Crippen LogP contribution in [-0.2, 0) is 6.18 Å². The highest BCUT2D eigenvalue weighted by Crippen LogP contribution is 2.37. The molecule has 0 spiro atoms. The van der Waals surface area contributed by atoms with Crippen LogP contribution < -0.4 is 9.47 Å². The maximum atomic E-state index is 12.1. The Morgan fingerprint density at radius 3 is 1.63 bits per heavy atom. The van der Waals surface area contributed by atoms with Crippen molar-refractivity contribution in [3.63, 3.8) is 0 Å². The van der Waals surface area contributed by atoms with E-state index >= 15 is 0 Å². The van der Waals surface area contributed by atoms with Crippen molar-refractivity contribution >= 4 is 0 Å². The lowest BCUT2D eigenvalue weighted by atomic mass is 10.1. The van der Waals surface area contributed by atoms with E-state index in [9.17, 15) is 18.3 Å². The van der Waals surface area contributed by atoms with Gasteiger partial charge >= 0.3 is 6.18 Å². The number of benzene rings is 3. The fourth-order valence-corrected chi connectivity index (χ4v) is 2.36. The Morgan fingerprint density at radius 1 is 0.714 bits per heavy atom. The Balaban J connectivity index is 0.000000267. The number of nitriles is 3. The van der Waals surface area contributed by atoms with Crippen LogP contribution in [0.3, 0.4) is 0 Å². The lowest BCUT2D eigenvalue weighted by Crippen LogP contribution is -2.05. The molecule has 8 nitrogen and oxygen atoms in total. The van der Waals surface area contributed by atoms with Crippen LogP contribution in [0.25, 0.3) is 0 Å². The molecule has 0 saturated carbocycles. The number of phenolic OH excluding ortho intramolecular Hbond substituents is 3. The first kappa shape index (κ1) is 28.0. The normalized spacial score (nSPS) is 9.54. The highest BCUT2D eigenvalue weighted by molar-refractivity contribution is 5.55. The van der Waals surface area contributed by atoms with E-state index in [1.807, 2.05) is 12.1 Å². The standard InChI is InChI=1S/C9H9NO3.C8H4F3NO.C7H5NO/c1-12-7-3-6(5-10)4-8(13-2)9(7)11;9-8(10,11)6-3-1-2-5(4-12)7(6)13;8-5-6-1-3-7(9)4-2-6/h3-4,11H,1-2H3;1-3,13H;1-4,9H. The van der Waals surface area contributed by atoms with Gasteiger partial charge in [0.2, 0.25) is 5.75 Å².